The molecule has 3 nitrogen and oxygen atoms in total. The maximum absolute atomic E-state index is 5.99. The molecule has 0 aliphatic heterocycles. The maximum atomic E-state index is 5.99. The normalized spacial score (nSPS) is 26.5. The highest BCUT2D eigenvalue weighted by atomic mass is 16.5. The fourth-order valence-corrected chi connectivity index (χ4v) is 2.63. The van der Waals surface area contributed by atoms with Crippen molar-refractivity contribution in [2.45, 2.75) is 72.6 Å². The van der Waals surface area contributed by atoms with Crippen molar-refractivity contribution in [3.63, 3.8) is 0 Å². The summed E-state index contributed by atoms with van der Waals surface area (Å²) in [4.78, 5) is 0. The molecule has 0 aromatic heterocycles. The van der Waals surface area contributed by atoms with E-state index in [1.807, 2.05) is 6.92 Å². The van der Waals surface area contributed by atoms with Gasteiger partial charge in [-0.05, 0) is 33.1 Å². The Morgan fingerprint density at radius 1 is 1.32 bits per heavy atom. The average molecular weight is 271 g/mol. The van der Waals surface area contributed by atoms with Crippen molar-refractivity contribution in [3.8, 4) is 0 Å². The van der Waals surface area contributed by atoms with Gasteiger partial charge in [0.2, 0.25) is 0 Å². The molecule has 2 unspecified atom stereocenters. The molecule has 2 atom stereocenters. The first-order valence-electron chi connectivity index (χ1n) is 7.68. The fourth-order valence-electron chi connectivity index (χ4n) is 2.63. The summed E-state index contributed by atoms with van der Waals surface area (Å²) >= 11 is 0. The van der Waals surface area contributed by atoms with Gasteiger partial charge in [-0.15, -0.1) is 0 Å². The predicted molar refractivity (Wildman–Crippen MR) is 80.5 cm³/mol. The van der Waals surface area contributed by atoms with Crippen LogP contribution >= 0.6 is 0 Å². The summed E-state index contributed by atoms with van der Waals surface area (Å²) in [5.41, 5.74) is 0.131. The summed E-state index contributed by atoms with van der Waals surface area (Å²) in [6.45, 7) is 17.9. The molecule has 0 heterocycles. The second kappa shape index (κ2) is 6.55. The van der Waals surface area contributed by atoms with Crippen LogP contribution in [0.3, 0.4) is 0 Å². The van der Waals surface area contributed by atoms with Crippen molar-refractivity contribution in [1.82, 2.24) is 5.32 Å². The molecule has 1 saturated carbocycles. The zero-order valence-corrected chi connectivity index (χ0v) is 13.9. The third-order valence-corrected chi connectivity index (χ3v) is 4.12. The largest absolute Gasteiger partial charge is 0.377 e. The Morgan fingerprint density at radius 2 is 1.95 bits per heavy atom. The van der Waals surface area contributed by atoms with Crippen molar-refractivity contribution < 1.29 is 9.47 Å². The Bertz CT molecular complexity index is 274. The standard InChI is InChI=1S/C16H33NO2/c1-8-19-15(4,5)11-17-13-9-14(16(13,6)7)18-10-12(2)3/h12-14,17H,8-11H2,1-7H3. The van der Waals surface area contributed by atoms with E-state index in [9.17, 15) is 0 Å². The van der Waals surface area contributed by atoms with E-state index in [2.05, 4.69) is 46.9 Å². The molecule has 1 N–H and O–H groups in total. The van der Waals surface area contributed by atoms with E-state index < -0.39 is 0 Å². The van der Waals surface area contributed by atoms with Gasteiger partial charge in [0.15, 0.2) is 0 Å². The van der Waals surface area contributed by atoms with Gasteiger partial charge in [0.05, 0.1) is 11.7 Å². The van der Waals surface area contributed by atoms with E-state index in [0.717, 1.165) is 26.2 Å². The predicted octanol–water partition coefficient (Wildman–Crippen LogP) is 3.23. The highest BCUT2D eigenvalue weighted by molar-refractivity contribution is 5.03. The summed E-state index contributed by atoms with van der Waals surface area (Å²) < 4.78 is 11.7. The monoisotopic (exact) mass is 271 g/mol. The minimum absolute atomic E-state index is 0.0886. The minimum atomic E-state index is -0.0886. The quantitative estimate of drug-likeness (QED) is 0.735. The van der Waals surface area contributed by atoms with E-state index in [4.69, 9.17) is 9.47 Å². The molecule has 0 aromatic carbocycles. The van der Waals surface area contributed by atoms with Crippen molar-refractivity contribution in [1.29, 1.82) is 0 Å². The molecule has 19 heavy (non-hydrogen) atoms. The van der Waals surface area contributed by atoms with Crippen LogP contribution in [0.5, 0.6) is 0 Å². The maximum Gasteiger partial charge on any atom is 0.0750 e. The second-order valence-electron chi connectivity index (χ2n) is 7.40. The Kier molecular flexibility index (Phi) is 5.84. The van der Waals surface area contributed by atoms with E-state index in [0.29, 0.717) is 18.1 Å². The highest BCUT2D eigenvalue weighted by Gasteiger charge is 2.49. The van der Waals surface area contributed by atoms with Gasteiger partial charge >= 0.3 is 0 Å². The minimum Gasteiger partial charge on any atom is -0.377 e. The molecule has 1 fully saturated rings. The molecular weight excluding hydrogens is 238 g/mol. The van der Waals surface area contributed by atoms with Gasteiger partial charge < -0.3 is 14.8 Å². The van der Waals surface area contributed by atoms with Crippen molar-refractivity contribution in [2.24, 2.45) is 11.3 Å². The highest BCUT2D eigenvalue weighted by Crippen LogP contribution is 2.43. The van der Waals surface area contributed by atoms with Crippen LogP contribution in [0.2, 0.25) is 0 Å². The lowest BCUT2D eigenvalue weighted by Gasteiger charge is -2.52. The number of nitrogens with one attached hydrogen (secondary N) is 1. The first-order chi connectivity index (χ1) is 8.69. The van der Waals surface area contributed by atoms with E-state index >= 15 is 0 Å². The van der Waals surface area contributed by atoms with Crippen LogP contribution in [0.4, 0.5) is 0 Å². The molecule has 0 amide bonds. The molecule has 3 heteroatoms. The van der Waals surface area contributed by atoms with Gasteiger partial charge in [0.25, 0.3) is 0 Å². The van der Waals surface area contributed by atoms with Crippen molar-refractivity contribution in [3.05, 3.63) is 0 Å². The van der Waals surface area contributed by atoms with E-state index in [1.165, 1.54) is 0 Å². The van der Waals surface area contributed by atoms with Gasteiger partial charge in [-0.2, -0.15) is 0 Å². The van der Waals surface area contributed by atoms with Crippen LogP contribution in [-0.2, 0) is 9.47 Å². The molecular formula is C16H33NO2. The molecule has 0 aromatic rings. The molecule has 114 valence electrons. The number of rotatable bonds is 8. The van der Waals surface area contributed by atoms with Crippen molar-refractivity contribution >= 4 is 0 Å². The Balaban J connectivity index is 2.34. The molecule has 1 aliphatic carbocycles. The topological polar surface area (TPSA) is 30.5 Å². The van der Waals surface area contributed by atoms with Gasteiger partial charge in [-0.1, -0.05) is 27.7 Å². The average Bonchev–Trinajstić information content (AvgIpc) is 2.26. The van der Waals surface area contributed by atoms with Gasteiger partial charge in [0, 0.05) is 31.2 Å². The smallest absolute Gasteiger partial charge is 0.0750 e. The molecule has 0 spiro atoms. The number of hydrogen-bond donors (Lipinski definition) is 1. The van der Waals surface area contributed by atoms with Gasteiger partial charge in [0.1, 0.15) is 0 Å². The Labute approximate surface area is 119 Å². The summed E-state index contributed by atoms with van der Waals surface area (Å²) in [6.07, 6.45) is 1.50. The van der Waals surface area contributed by atoms with E-state index in [-0.39, 0.29) is 11.0 Å². The Morgan fingerprint density at radius 3 is 2.42 bits per heavy atom. The number of hydrogen-bond acceptors (Lipinski definition) is 3. The van der Waals surface area contributed by atoms with Crippen LogP contribution in [0.25, 0.3) is 0 Å². The SMILES string of the molecule is CCOC(C)(C)CNC1CC(OCC(C)C)C1(C)C. The molecule has 0 bridgehead atoms. The first-order valence-corrected chi connectivity index (χ1v) is 7.68. The lowest BCUT2D eigenvalue weighted by atomic mass is 9.64. The third-order valence-electron chi connectivity index (χ3n) is 4.12. The molecule has 0 saturated heterocycles. The lowest BCUT2D eigenvalue weighted by Crippen LogP contribution is -2.62. The van der Waals surface area contributed by atoms with Crippen LogP contribution in [0.15, 0.2) is 0 Å². The van der Waals surface area contributed by atoms with E-state index in [1.54, 1.807) is 0 Å². The third kappa shape index (κ3) is 4.73. The molecule has 0 radical (unpaired) electrons. The summed E-state index contributed by atoms with van der Waals surface area (Å²) in [5.74, 6) is 0.611. The zero-order chi connectivity index (χ0) is 14.7. The first kappa shape index (κ1) is 16.9. The summed E-state index contributed by atoms with van der Waals surface area (Å²) in [5, 5.41) is 3.65. The lowest BCUT2D eigenvalue weighted by molar-refractivity contribution is -0.128. The van der Waals surface area contributed by atoms with Crippen LogP contribution < -0.4 is 5.32 Å². The van der Waals surface area contributed by atoms with Crippen LogP contribution in [0, 0.1) is 11.3 Å². The summed E-state index contributed by atoms with van der Waals surface area (Å²) in [6, 6.07) is 0.532. The van der Waals surface area contributed by atoms with Crippen molar-refractivity contribution in [2.75, 3.05) is 19.8 Å². The zero-order valence-electron chi connectivity index (χ0n) is 13.9. The summed E-state index contributed by atoms with van der Waals surface area (Å²) in [7, 11) is 0. The molecule has 1 rings (SSSR count). The fraction of sp³-hybridized carbons (Fsp3) is 1.00. The van der Waals surface area contributed by atoms with Gasteiger partial charge in [-0.3, -0.25) is 0 Å². The second-order valence-corrected chi connectivity index (χ2v) is 7.40. The van der Waals surface area contributed by atoms with Gasteiger partial charge in [-0.25, -0.2) is 0 Å². The van der Waals surface area contributed by atoms with Crippen LogP contribution in [-0.4, -0.2) is 37.5 Å². The Hall–Kier alpha value is -0.120. The number of ether oxygens (including phenoxy) is 2. The van der Waals surface area contributed by atoms with Crippen LogP contribution in [0.1, 0.15) is 54.9 Å². The molecule has 1 aliphatic rings.